The van der Waals surface area contributed by atoms with Gasteiger partial charge >= 0.3 is 0 Å². The summed E-state index contributed by atoms with van der Waals surface area (Å²) >= 11 is 3.42. The number of hydrogen-bond acceptors (Lipinski definition) is 3. The first-order valence-corrected chi connectivity index (χ1v) is 7.69. The lowest BCUT2D eigenvalue weighted by atomic mass is 10.0. The fraction of sp³-hybridized carbons (Fsp3) is 0.533. The van der Waals surface area contributed by atoms with Crippen LogP contribution in [0.1, 0.15) is 25.5 Å². The molecule has 0 aliphatic carbocycles. The Bertz CT molecular complexity index is 467. The van der Waals surface area contributed by atoms with Crippen molar-refractivity contribution in [2.75, 3.05) is 19.7 Å². The molecule has 0 saturated carbocycles. The number of carbonyl (C=O) groups excluding carboxylic acids is 1. The van der Waals surface area contributed by atoms with E-state index in [4.69, 9.17) is 10.5 Å². The topological polar surface area (TPSA) is 55.6 Å². The molecular weight excluding hydrogens is 356 g/mol. The highest BCUT2D eigenvalue weighted by Gasteiger charge is 2.29. The zero-order valence-electron chi connectivity index (χ0n) is 12.3. The first-order valence-electron chi connectivity index (χ1n) is 6.90. The van der Waals surface area contributed by atoms with Gasteiger partial charge in [-0.2, -0.15) is 0 Å². The number of morpholine rings is 1. The molecule has 1 fully saturated rings. The number of nitrogens with zero attached hydrogens (tertiary/aromatic N) is 1. The molecule has 21 heavy (non-hydrogen) atoms. The molecule has 3 unspecified atom stereocenters. The number of nitrogens with two attached hydrogens (primary N) is 1. The summed E-state index contributed by atoms with van der Waals surface area (Å²) in [6.07, 6.45) is -0.0546. The molecule has 4 nitrogen and oxygen atoms in total. The van der Waals surface area contributed by atoms with Crippen molar-refractivity contribution in [3.63, 3.8) is 0 Å². The van der Waals surface area contributed by atoms with E-state index >= 15 is 0 Å². The van der Waals surface area contributed by atoms with Crippen molar-refractivity contribution in [3.8, 4) is 0 Å². The molecule has 118 valence electrons. The van der Waals surface area contributed by atoms with E-state index in [0.29, 0.717) is 19.7 Å². The second-order valence-electron chi connectivity index (χ2n) is 5.34. The maximum atomic E-state index is 12.4. The van der Waals surface area contributed by atoms with Gasteiger partial charge in [-0.3, -0.25) is 4.79 Å². The van der Waals surface area contributed by atoms with E-state index in [-0.39, 0.29) is 36.4 Å². The lowest BCUT2D eigenvalue weighted by Gasteiger charge is -2.35. The Kier molecular flexibility index (Phi) is 7.13. The van der Waals surface area contributed by atoms with Gasteiger partial charge in [0.1, 0.15) is 6.10 Å². The zero-order chi connectivity index (χ0) is 14.7. The molecule has 2 N–H and O–H groups in total. The van der Waals surface area contributed by atoms with Crippen molar-refractivity contribution in [1.82, 2.24) is 4.90 Å². The Morgan fingerprint density at radius 2 is 2.00 bits per heavy atom. The number of amides is 1. The minimum atomic E-state index is -0.154. The SMILES string of the molecule is CC(N)C(C)C(=O)N1CCOC(c2ccc(Br)cc2)C1.Cl. The van der Waals surface area contributed by atoms with E-state index in [1.165, 1.54) is 0 Å². The van der Waals surface area contributed by atoms with Gasteiger partial charge < -0.3 is 15.4 Å². The minimum Gasteiger partial charge on any atom is -0.370 e. The van der Waals surface area contributed by atoms with Crippen LogP contribution in [0.5, 0.6) is 0 Å². The summed E-state index contributed by atoms with van der Waals surface area (Å²) in [6, 6.07) is 7.90. The third-order valence-electron chi connectivity index (χ3n) is 3.80. The Morgan fingerprint density at radius 1 is 1.38 bits per heavy atom. The normalized spacial score (nSPS) is 21.3. The fourth-order valence-corrected chi connectivity index (χ4v) is 2.51. The monoisotopic (exact) mass is 376 g/mol. The van der Waals surface area contributed by atoms with Crippen LogP contribution in [-0.2, 0) is 9.53 Å². The molecule has 0 radical (unpaired) electrons. The molecule has 1 saturated heterocycles. The van der Waals surface area contributed by atoms with E-state index < -0.39 is 0 Å². The van der Waals surface area contributed by atoms with E-state index in [9.17, 15) is 4.79 Å². The second-order valence-corrected chi connectivity index (χ2v) is 6.26. The predicted octanol–water partition coefficient (Wildman–Crippen LogP) is 2.75. The highest BCUT2D eigenvalue weighted by atomic mass is 79.9. The molecule has 0 bridgehead atoms. The molecule has 0 spiro atoms. The summed E-state index contributed by atoms with van der Waals surface area (Å²) in [7, 11) is 0. The average Bonchev–Trinajstić information content (AvgIpc) is 2.46. The van der Waals surface area contributed by atoms with Crippen LogP contribution in [0.3, 0.4) is 0 Å². The number of rotatable bonds is 3. The molecule has 1 aliphatic heterocycles. The van der Waals surface area contributed by atoms with Gasteiger partial charge in [-0.15, -0.1) is 12.4 Å². The van der Waals surface area contributed by atoms with Gasteiger partial charge in [0.2, 0.25) is 5.91 Å². The predicted molar refractivity (Wildman–Crippen MR) is 89.5 cm³/mol. The summed E-state index contributed by atoms with van der Waals surface area (Å²) in [4.78, 5) is 14.2. The van der Waals surface area contributed by atoms with Gasteiger partial charge in [-0.1, -0.05) is 35.0 Å². The largest absolute Gasteiger partial charge is 0.370 e. The third-order valence-corrected chi connectivity index (χ3v) is 4.33. The van der Waals surface area contributed by atoms with Gasteiger partial charge in [0.05, 0.1) is 19.1 Å². The van der Waals surface area contributed by atoms with Crippen LogP contribution in [0.15, 0.2) is 28.7 Å². The number of ether oxygens (including phenoxy) is 1. The molecule has 0 aromatic heterocycles. The van der Waals surface area contributed by atoms with Gasteiger partial charge in [0.25, 0.3) is 0 Å². The molecule has 1 heterocycles. The lowest BCUT2D eigenvalue weighted by Crippen LogP contribution is -2.47. The maximum absolute atomic E-state index is 12.4. The van der Waals surface area contributed by atoms with Crippen LogP contribution >= 0.6 is 28.3 Å². The van der Waals surface area contributed by atoms with E-state index in [2.05, 4.69) is 15.9 Å². The molecule has 1 aliphatic rings. The standard InChI is InChI=1S/C15H21BrN2O2.ClH/c1-10(11(2)17)15(19)18-7-8-20-14(9-18)12-3-5-13(16)6-4-12;/h3-6,10-11,14H,7-9,17H2,1-2H3;1H. The first-order chi connectivity index (χ1) is 9.49. The Morgan fingerprint density at radius 3 is 2.57 bits per heavy atom. The van der Waals surface area contributed by atoms with Crippen LogP contribution < -0.4 is 5.73 Å². The van der Waals surface area contributed by atoms with Gasteiger partial charge in [-0.05, 0) is 24.6 Å². The average molecular weight is 378 g/mol. The molecular formula is C15H22BrClN2O2. The van der Waals surface area contributed by atoms with Crippen LogP contribution in [0, 0.1) is 5.92 Å². The molecule has 3 atom stereocenters. The molecule has 1 amide bonds. The van der Waals surface area contributed by atoms with Crippen molar-refractivity contribution in [3.05, 3.63) is 34.3 Å². The summed E-state index contributed by atoms with van der Waals surface area (Å²) in [5.74, 6) is -0.0379. The summed E-state index contributed by atoms with van der Waals surface area (Å²) in [6.45, 7) is 5.56. The summed E-state index contributed by atoms with van der Waals surface area (Å²) in [5.41, 5.74) is 6.92. The van der Waals surface area contributed by atoms with Gasteiger partial charge in [0.15, 0.2) is 0 Å². The van der Waals surface area contributed by atoms with Gasteiger partial charge in [0, 0.05) is 17.1 Å². The Hall–Kier alpha value is -0.620. The molecule has 2 rings (SSSR count). The van der Waals surface area contributed by atoms with Crippen molar-refractivity contribution in [1.29, 1.82) is 0 Å². The summed E-state index contributed by atoms with van der Waals surface area (Å²) in [5, 5.41) is 0. The van der Waals surface area contributed by atoms with E-state index in [0.717, 1.165) is 10.0 Å². The van der Waals surface area contributed by atoms with Crippen LogP contribution in [-0.4, -0.2) is 36.5 Å². The van der Waals surface area contributed by atoms with Crippen LogP contribution in [0.2, 0.25) is 0 Å². The zero-order valence-corrected chi connectivity index (χ0v) is 14.7. The highest BCUT2D eigenvalue weighted by Crippen LogP contribution is 2.24. The molecule has 6 heteroatoms. The van der Waals surface area contributed by atoms with Crippen molar-refractivity contribution in [2.24, 2.45) is 11.7 Å². The van der Waals surface area contributed by atoms with E-state index in [1.54, 1.807) is 0 Å². The highest BCUT2D eigenvalue weighted by molar-refractivity contribution is 9.10. The number of benzene rings is 1. The summed E-state index contributed by atoms with van der Waals surface area (Å²) < 4.78 is 6.82. The second kappa shape index (κ2) is 8.13. The number of halogens is 2. The minimum absolute atomic E-state index is 0. The Labute approximate surface area is 140 Å². The number of carbonyl (C=O) groups is 1. The molecule has 1 aromatic rings. The third kappa shape index (κ3) is 4.68. The van der Waals surface area contributed by atoms with E-state index in [1.807, 2.05) is 43.0 Å². The van der Waals surface area contributed by atoms with Crippen LogP contribution in [0.25, 0.3) is 0 Å². The van der Waals surface area contributed by atoms with Crippen molar-refractivity contribution < 1.29 is 9.53 Å². The molecule has 1 aromatic carbocycles. The maximum Gasteiger partial charge on any atom is 0.227 e. The first kappa shape index (κ1) is 18.4. The number of hydrogen-bond donors (Lipinski definition) is 1. The van der Waals surface area contributed by atoms with Crippen molar-refractivity contribution >= 4 is 34.2 Å². The fourth-order valence-electron chi connectivity index (χ4n) is 2.24. The smallest absolute Gasteiger partial charge is 0.227 e. The van der Waals surface area contributed by atoms with Crippen molar-refractivity contribution in [2.45, 2.75) is 26.0 Å². The van der Waals surface area contributed by atoms with Gasteiger partial charge in [-0.25, -0.2) is 0 Å². The lowest BCUT2D eigenvalue weighted by molar-refractivity contribution is -0.143. The quantitative estimate of drug-likeness (QED) is 0.881. The Balaban J connectivity index is 0.00000220. The van der Waals surface area contributed by atoms with Crippen LogP contribution in [0.4, 0.5) is 0 Å².